The van der Waals surface area contributed by atoms with Gasteiger partial charge in [0.1, 0.15) is 0 Å². The Bertz CT molecular complexity index is 326. The number of nitrogens with zero attached hydrogens (tertiary/aromatic N) is 1. The van der Waals surface area contributed by atoms with Crippen molar-refractivity contribution in [1.29, 1.82) is 0 Å². The lowest BCUT2D eigenvalue weighted by Crippen LogP contribution is -2.17. The molecule has 0 aromatic carbocycles. The molecule has 3 nitrogen and oxygen atoms in total. The minimum atomic E-state index is -0.250. The van der Waals surface area contributed by atoms with Crippen LogP contribution in [0.15, 0.2) is 12.3 Å². The summed E-state index contributed by atoms with van der Waals surface area (Å²) in [6.45, 7) is 7.46. The molecule has 0 bridgehead atoms. The Kier molecular flexibility index (Phi) is 5.19. The van der Waals surface area contributed by atoms with Crippen LogP contribution in [0.1, 0.15) is 32.8 Å². The van der Waals surface area contributed by atoms with Gasteiger partial charge in [0.25, 0.3) is 0 Å². The van der Waals surface area contributed by atoms with Gasteiger partial charge in [0.15, 0.2) is 11.6 Å². The lowest BCUT2D eigenvalue weighted by molar-refractivity contribution is 0.582. The van der Waals surface area contributed by atoms with Crippen LogP contribution in [0, 0.1) is 5.82 Å². The molecule has 0 aliphatic carbocycles. The van der Waals surface area contributed by atoms with E-state index in [4.69, 9.17) is 0 Å². The van der Waals surface area contributed by atoms with Gasteiger partial charge in [-0.2, -0.15) is 0 Å². The Morgan fingerprint density at radius 2 is 2.19 bits per heavy atom. The van der Waals surface area contributed by atoms with Crippen molar-refractivity contribution in [2.24, 2.45) is 0 Å². The van der Waals surface area contributed by atoms with Crippen molar-refractivity contribution in [2.45, 2.75) is 39.8 Å². The van der Waals surface area contributed by atoms with E-state index >= 15 is 0 Å². The van der Waals surface area contributed by atoms with E-state index in [0.29, 0.717) is 17.9 Å². The molecule has 90 valence electrons. The van der Waals surface area contributed by atoms with Gasteiger partial charge >= 0.3 is 0 Å². The highest BCUT2D eigenvalue weighted by Crippen LogP contribution is 2.15. The molecule has 0 atom stereocenters. The van der Waals surface area contributed by atoms with E-state index in [1.54, 1.807) is 12.3 Å². The molecule has 16 heavy (non-hydrogen) atoms. The smallest absolute Gasteiger partial charge is 0.169 e. The maximum absolute atomic E-state index is 13.9. The summed E-state index contributed by atoms with van der Waals surface area (Å²) in [7, 11) is 0. The summed E-state index contributed by atoms with van der Waals surface area (Å²) < 4.78 is 13.9. The third kappa shape index (κ3) is 3.77. The Morgan fingerprint density at radius 3 is 2.81 bits per heavy atom. The van der Waals surface area contributed by atoms with Crippen molar-refractivity contribution in [3.05, 3.63) is 23.6 Å². The summed E-state index contributed by atoms with van der Waals surface area (Å²) in [5, 5.41) is 6.17. The van der Waals surface area contributed by atoms with Crippen LogP contribution in [0.3, 0.4) is 0 Å². The number of hydrogen-bond acceptors (Lipinski definition) is 3. The van der Waals surface area contributed by atoms with Gasteiger partial charge in [0.2, 0.25) is 0 Å². The summed E-state index contributed by atoms with van der Waals surface area (Å²) in [5.74, 6) is 0.0885. The predicted molar refractivity (Wildman–Crippen MR) is 65.0 cm³/mol. The zero-order chi connectivity index (χ0) is 12.0. The zero-order valence-corrected chi connectivity index (χ0v) is 10.2. The molecule has 0 aliphatic rings. The first-order valence-corrected chi connectivity index (χ1v) is 5.75. The molecule has 0 saturated heterocycles. The third-order valence-corrected chi connectivity index (χ3v) is 2.14. The van der Waals surface area contributed by atoms with Crippen LogP contribution in [0.25, 0.3) is 0 Å². The fourth-order valence-corrected chi connectivity index (χ4v) is 1.39. The van der Waals surface area contributed by atoms with E-state index in [1.165, 1.54) is 0 Å². The predicted octanol–water partition coefficient (Wildman–Crippen LogP) is 2.54. The fourth-order valence-electron chi connectivity index (χ4n) is 1.39. The minimum absolute atomic E-state index is 0.181. The van der Waals surface area contributed by atoms with Gasteiger partial charge in [-0.25, -0.2) is 9.37 Å². The molecule has 4 heteroatoms. The summed E-state index contributed by atoms with van der Waals surface area (Å²) in [4.78, 5) is 3.99. The molecular formula is C12H20FN3. The molecule has 1 rings (SSSR count). The SMILES string of the molecule is CCCNCc1ccnc(NC(C)C)c1F. The van der Waals surface area contributed by atoms with Crippen molar-refractivity contribution in [1.82, 2.24) is 10.3 Å². The number of anilines is 1. The van der Waals surface area contributed by atoms with E-state index in [0.717, 1.165) is 13.0 Å². The lowest BCUT2D eigenvalue weighted by Gasteiger charge is -2.12. The zero-order valence-electron chi connectivity index (χ0n) is 10.2. The van der Waals surface area contributed by atoms with Crippen molar-refractivity contribution < 1.29 is 4.39 Å². The third-order valence-electron chi connectivity index (χ3n) is 2.14. The molecule has 1 aromatic rings. The van der Waals surface area contributed by atoms with Gasteiger partial charge in [0, 0.05) is 24.3 Å². The monoisotopic (exact) mass is 225 g/mol. The summed E-state index contributed by atoms with van der Waals surface area (Å²) in [6.07, 6.45) is 2.68. The summed E-state index contributed by atoms with van der Waals surface area (Å²) in [6, 6.07) is 1.89. The normalized spacial score (nSPS) is 10.8. The number of hydrogen-bond donors (Lipinski definition) is 2. The topological polar surface area (TPSA) is 37.0 Å². The van der Waals surface area contributed by atoms with Crippen LogP contribution in [0.5, 0.6) is 0 Å². The van der Waals surface area contributed by atoms with Crippen LogP contribution in [-0.2, 0) is 6.54 Å². The maximum Gasteiger partial charge on any atom is 0.169 e. The molecule has 0 unspecified atom stereocenters. The van der Waals surface area contributed by atoms with Gasteiger partial charge in [0.05, 0.1) is 0 Å². The fraction of sp³-hybridized carbons (Fsp3) is 0.583. The molecule has 0 aliphatic heterocycles. The first-order valence-electron chi connectivity index (χ1n) is 5.75. The number of pyridine rings is 1. The molecule has 0 radical (unpaired) electrons. The standard InChI is InChI=1S/C12H20FN3/c1-4-6-14-8-10-5-7-15-12(11(10)13)16-9(2)3/h5,7,9,14H,4,6,8H2,1-3H3,(H,15,16). The average Bonchev–Trinajstić information content (AvgIpc) is 2.23. The average molecular weight is 225 g/mol. The molecule has 0 fully saturated rings. The Labute approximate surface area is 96.5 Å². The van der Waals surface area contributed by atoms with E-state index < -0.39 is 0 Å². The van der Waals surface area contributed by atoms with Crippen LogP contribution >= 0.6 is 0 Å². The Hall–Kier alpha value is -1.16. The van der Waals surface area contributed by atoms with Crippen molar-refractivity contribution in [3.8, 4) is 0 Å². The van der Waals surface area contributed by atoms with E-state index in [-0.39, 0.29) is 11.9 Å². The molecule has 1 aromatic heterocycles. The maximum atomic E-state index is 13.9. The first-order chi connectivity index (χ1) is 7.65. The van der Waals surface area contributed by atoms with Gasteiger partial charge in [-0.05, 0) is 32.9 Å². The molecule has 2 N–H and O–H groups in total. The molecule has 0 saturated carbocycles. The molecule has 1 heterocycles. The van der Waals surface area contributed by atoms with Crippen molar-refractivity contribution in [3.63, 3.8) is 0 Å². The number of aromatic nitrogens is 1. The number of halogens is 1. The van der Waals surface area contributed by atoms with Gasteiger partial charge in [-0.15, -0.1) is 0 Å². The second-order valence-corrected chi connectivity index (χ2v) is 4.11. The summed E-state index contributed by atoms with van der Waals surface area (Å²) in [5.41, 5.74) is 0.659. The van der Waals surface area contributed by atoms with Crippen LogP contribution < -0.4 is 10.6 Å². The quantitative estimate of drug-likeness (QED) is 0.730. The highest BCUT2D eigenvalue weighted by Gasteiger charge is 2.09. The second kappa shape index (κ2) is 6.43. The Morgan fingerprint density at radius 1 is 1.44 bits per heavy atom. The first kappa shape index (κ1) is 12.9. The van der Waals surface area contributed by atoms with E-state index in [1.807, 2.05) is 13.8 Å². The highest BCUT2D eigenvalue weighted by molar-refractivity contribution is 5.40. The van der Waals surface area contributed by atoms with Gasteiger partial charge < -0.3 is 10.6 Å². The van der Waals surface area contributed by atoms with Crippen molar-refractivity contribution >= 4 is 5.82 Å². The van der Waals surface area contributed by atoms with E-state index in [2.05, 4.69) is 22.5 Å². The summed E-state index contributed by atoms with van der Waals surface area (Å²) >= 11 is 0. The van der Waals surface area contributed by atoms with Gasteiger partial charge in [-0.1, -0.05) is 6.92 Å². The van der Waals surface area contributed by atoms with Crippen LogP contribution in [0.4, 0.5) is 10.2 Å². The van der Waals surface area contributed by atoms with Crippen molar-refractivity contribution in [2.75, 3.05) is 11.9 Å². The van der Waals surface area contributed by atoms with Crippen LogP contribution in [0.2, 0.25) is 0 Å². The Balaban J connectivity index is 2.70. The minimum Gasteiger partial charge on any atom is -0.365 e. The highest BCUT2D eigenvalue weighted by atomic mass is 19.1. The largest absolute Gasteiger partial charge is 0.365 e. The molecule has 0 spiro atoms. The van der Waals surface area contributed by atoms with Gasteiger partial charge in [-0.3, -0.25) is 0 Å². The number of nitrogens with one attached hydrogen (secondary N) is 2. The lowest BCUT2D eigenvalue weighted by atomic mass is 10.2. The van der Waals surface area contributed by atoms with E-state index in [9.17, 15) is 4.39 Å². The molecular weight excluding hydrogens is 205 g/mol. The molecule has 0 amide bonds. The van der Waals surface area contributed by atoms with Crippen LogP contribution in [-0.4, -0.2) is 17.6 Å². The second-order valence-electron chi connectivity index (χ2n) is 4.11. The number of rotatable bonds is 6.